The number of benzene rings is 1. The average molecular weight is 393 g/mol. The minimum atomic E-state index is -0.835. The Hall–Kier alpha value is -2.55. The molecule has 27 heavy (non-hydrogen) atoms. The van der Waals surface area contributed by atoms with Gasteiger partial charge in [-0.25, -0.2) is 4.79 Å². The van der Waals surface area contributed by atoms with Crippen LogP contribution in [0.2, 0.25) is 0 Å². The molecule has 0 fully saturated rings. The Kier molecular flexibility index (Phi) is 7.66. The van der Waals surface area contributed by atoms with Crippen LogP contribution in [0.4, 0.5) is 5.69 Å². The Bertz CT molecular complexity index is 725. The Morgan fingerprint density at radius 1 is 1.30 bits per heavy atom. The molecule has 0 aliphatic carbocycles. The lowest BCUT2D eigenvalue weighted by Gasteiger charge is -2.18. The topological polar surface area (TPSA) is 114 Å². The van der Waals surface area contributed by atoms with Gasteiger partial charge in [-0.15, -0.1) is 0 Å². The normalized spacial score (nSPS) is 17.0. The summed E-state index contributed by atoms with van der Waals surface area (Å²) in [5.41, 5.74) is 0.815. The number of ether oxygens (including phenoxy) is 1. The van der Waals surface area contributed by atoms with Crippen molar-refractivity contribution in [3.8, 4) is 0 Å². The molecule has 146 valence electrons. The Morgan fingerprint density at radius 2 is 2.04 bits per heavy atom. The van der Waals surface area contributed by atoms with Gasteiger partial charge in [-0.05, 0) is 37.0 Å². The number of hydrogen-bond acceptors (Lipinski definition) is 6. The minimum absolute atomic E-state index is 0.0124. The lowest BCUT2D eigenvalue weighted by molar-refractivity contribution is -0.145. The first-order valence-corrected chi connectivity index (χ1v) is 9.92. The van der Waals surface area contributed by atoms with Crippen LogP contribution in [0.3, 0.4) is 0 Å². The van der Waals surface area contributed by atoms with Crippen LogP contribution in [-0.2, 0) is 19.1 Å². The number of para-hydroxylation sites is 1. The first-order chi connectivity index (χ1) is 13.0. The fourth-order valence-corrected chi connectivity index (χ4v) is 3.16. The van der Waals surface area contributed by atoms with E-state index in [1.54, 1.807) is 36.0 Å². The van der Waals surface area contributed by atoms with Crippen molar-refractivity contribution in [3.63, 3.8) is 0 Å². The fourth-order valence-electron chi connectivity index (χ4n) is 2.68. The van der Waals surface area contributed by atoms with E-state index in [-0.39, 0.29) is 30.6 Å². The van der Waals surface area contributed by atoms with E-state index in [4.69, 9.17) is 4.74 Å². The van der Waals surface area contributed by atoms with Crippen LogP contribution in [0.15, 0.2) is 24.3 Å². The van der Waals surface area contributed by atoms with Crippen molar-refractivity contribution in [3.05, 3.63) is 29.8 Å². The van der Waals surface area contributed by atoms with Crippen molar-refractivity contribution in [2.45, 2.75) is 31.3 Å². The standard InChI is InChI=1S/C18H23N3O5S/c1-26-18(25)14(9-10-27-2)19-15(22)8-7-13-17(24)20-12-6-4-3-5-11(12)16(23)21-13/h3-6,13-14H,7-10H2,1-2H3,(H,19,22)(H,20,24)(H,21,23)/t13-,14+/m1/s1. The van der Waals surface area contributed by atoms with Crippen LogP contribution in [0.1, 0.15) is 29.6 Å². The Labute approximate surface area is 161 Å². The molecule has 0 bridgehead atoms. The summed E-state index contributed by atoms with van der Waals surface area (Å²) in [6.07, 6.45) is 2.46. The summed E-state index contributed by atoms with van der Waals surface area (Å²) in [4.78, 5) is 48.5. The van der Waals surface area contributed by atoms with Gasteiger partial charge in [-0.2, -0.15) is 11.8 Å². The van der Waals surface area contributed by atoms with Crippen molar-refractivity contribution < 1.29 is 23.9 Å². The molecule has 0 radical (unpaired) electrons. The number of carbonyl (C=O) groups is 4. The van der Waals surface area contributed by atoms with E-state index in [0.29, 0.717) is 23.4 Å². The molecule has 1 aliphatic rings. The van der Waals surface area contributed by atoms with Crippen molar-refractivity contribution in [2.24, 2.45) is 0 Å². The van der Waals surface area contributed by atoms with Gasteiger partial charge in [0.2, 0.25) is 11.8 Å². The molecular weight excluding hydrogens is 370 g/mol. The molecule has 0 unspecified atom stereocenters. The summed E-state index contributed by atoms with van der Waals surface area (Å²) in [7, 11) is 1.27. The largest absolute Gasteiger partial charge is 0.467 e. The summed E-state index contributed by atoms with van der Waals surface area (Å²) >= 11 is 1.56. The minimum Gasteiger partial charge on any atom is -0.467 e. The van der Waals surface area contributed by atoms with Gasteiger partial charge in [0.1, 0.15) is 12.1 Å². The van der Waals surface area contributed by atoms with Crippen LogP contribution < -0.4 is 16.0 Å². The fraction of sp³-hybridized carbons (Fsp3) is 0.444. The highest BCUT2D eigenvalue weighted by Gasteiger charge is 2.28. The number of amides is 3. The third kappa shape index (κ3) is 5.72. The van der Waals surface area contributed by atoms with E-state index in [1.165, 1.54) is 7.11 Å². The third-order valence-corrected chi connectivity index (χ3v) is 4.79. The molecule has 0 saturated carbocycles. The number of carbonyl (C=O) groups excluding carboxylic acids is 4. The number of thioether (sulfide) groups is 1. The van der Waals surface area contributed by atoms with Crippen LogP contribution in [0.25, 0.3) is 0 Å². The van der Waals surface area contributed by atoms with Crippen molar-refractivity contribution in [2.75, 3.05) is 24.4 Å². The molecule has 0 spiro atoms. The molecule has 8 nitrogen and oxygen atoms in total. The molecule has 1 aromatic carbocycles. The zero-order chi connectivity index (χ0) is 19.8. The summed E-state index contributed by atoms with van der Waals surface area (Å²) in [5, 5.41) is 7.96. The van der Waals surface area contributed by atoms with E-state index in [0.717, 1.165) is 0 Å². The quantitative estimate of drug-likeness (QED) is 0.566. The molecule has 9 heteroatoms. The van der Waals surface area contributed by atoms with Crippen LogP contribution in [-0.4, -0.2) is 54.9 Å². The van der Waals surface area contributed by atoms with Crippen molar-refractivity contribution in [1.29, 1.82) is 0 Å². The van der Waals surface area contributed by atoms with E-state index in [2.05, 4.69) is 16.0 Å². The molecular formula is C18H23N3O5S. The van der Waals surface area contributed by atoms with E-state index in [9.17, 15) is 19.2 Å². The zero-order valence-corrected chi connectivity index (χ0v) is 16.1. The Balaban J connectivity index is 1.93. The monoisotopic (exact) mass is 393 g/mol. The lowest BCUT2D eigenvalue weighted by atomic mass is 10.1. The van der Waals surface area contributed by atoms with Gasteiger partial charge in [-0.3, -0.25) is 14.4 Å². The van der Waals surface area contributed by atoms with E-state index < -0.39 is 18.1 Å². The van der Waals surface area contributed by atoms with Gasteiger partial charge >= 0.3 is 5.97 Å². The molecule has 0 aromatic heterocycles. The number of anilines is 1. The third-order valence-electron chi connectivity index (χ3n) is 4.14. The maximum absolute atomic E-state index is 12.3. The predicted octanol–water partition coefficient (Wildman–Crippen LogP) is 0.928. The molecule has 3 amide bonds. The van der Waals surface area contributed by atoms with Crippen molar-refractivity contribution >= 4 is 41.1 Å². The van der Waals surface area contributed by atoms with Gasteiger partial charge in [0.15, 0.2) is 0 Å². The second kappa shape index (κ2) is 9.96. The number of rotatable bonds is 8. The average Bonchev–Trinajstić information content (AvgIpc) is 2.79. The maximum atomic E-state index is 12.3. The van der Waals surface area contributed by atoms with Gasteiger partial charge in [0, 0.05) is 6.42 Å². The van der Waals surface area contributed by atoms with Gasteiger partial charge in [0.25, 0.3) is 5.91 Å². The first kappa shape index (κ1) is 20.8. The van der Waals surface area contributed by atoms with Crippen LogP contribution >= 0.6 is 11.8 Å². The highest BCUT2D eigenvalue weighted by Crippen LogP contribution is 2.19. The number of fused-ring (bicyclic) bond motifs is 1. The number of esters is 1. The van der Waals surface area contributed by atoms with E-state index in [1.807, 2.05) is 6.26 Å². The van der Waals surface area contributed by atoms with Crippen LogP contribution in [0, 0.1) is 0 Å². The summed E-state index contributed by atoms with van der Waals surface area (Å²) in [5.74, 6) is -0.946. The molecule has 2 atom stereocenters. The molecule has 1 aliphatic heterocycles. The molecule has 0 saturated heterocycles. The van der Waals surface area contributed by atoms with Crippen LogP contribution in [0.5, 0.6) is 0 Å². The van der Waals surface area contributed by atoms with E-state index >= 15 is 0 Å². The number of methoxy groups -OCH3 is 1. The van der Waals surface area contributed by atoms with Crippen molar-refractivity contribution in [1.82, 2.24) is 10.6 Å². The van der Waals surface area contributed by atoms with Gasteiger partial charge in [0.05, 0.1) is 18.4 Å². The second-order valence-electron chi connectivity index (χ2n) is 6.02. The molecule has 1 heterocycles. The summed E-state index contributed by atoms with van der Waals surface area (Å²) < 4.78 is 4.70. The van der Waals surface area contributed by atoms with Gasteiger partial charge in [-0.1, -0.05) is 12.1 Å². The number of hydrogen-bond donors (Lipinski definition) is 3. The highest BCUT2D eigenvalue weighted by atomic mass is 32.2. The summed E-state index contributed by atoms with van der Waals surface area (Å²) in [6, 6.07) is 5.14. The zero-order valence-electron chi connectivity index (χ0n) is 15.2. The summed E-state index contributed by atoms with van der Waals surface area (Å²) in [6.45, 7) is 0. The lowest BCUT2D eigenvalue weighted by Crippen LogP contribution is -2.44. The maximum Gasteiger partial charge on any atom is 0.328 e. The first-order valence-electron chi connectivity index (χ1n) is 8.53. The molecule has 1 aromatic rings. The highest BCUT2D eigenvalue weighted by molar-refractivity contribution is 7.98. The molecule has 2 rings (SSSR count). The predicted molar refractivity (Wildman–Crippen MR) is 103 cm³/mol. The second-order valence-corrected chi connectivity index (χ2v) is 7.01. The van der Waals surface area contributed by atoms with Gasteiger partial charge < -0.3 is 20.7 Å². The Morgan fingerprint density at radius 3 is 2.74 bits per heavy atom. The number of nitrogens with one attached hydrogen (secondary N) is 3. The SMILES string of the molecule is COC(=O)[C@H](CCSC)NC(=O)CC[C@H]1NC(=O)c2ccccc2NC1=O. The molecule has 3 N–H and O–H groups in total. The smallest absolute Gasteiger partial charge is 0.328 e.